The molecule has 4 unspecified atom stereocenters. The summed E-state index contributed by atoms with van der Waals surface area (Å²) >= 11 is 0. The first-order chi connectivity index (χ1) is 9.36. The van der Waals surface area contributed by atoms with Crippen LogP contribution in [0, 0.1) is 22.7 Å². The van der Waals surface area contributed by atoms with Crippen molar-refractivity contribution in [1.82, 2.24) is 10.6 Å². The summed E-state index contributed by atoms with van der Waals surface area (Å²) in [4.78, 5) is 4.39. The van der Waals surface area contributed by atoms with E-state index in [9.17, 15) is 0 Å². The molecular weight excluding hydrogens is 250 g/mol. The molecule has 20 heavy (non-hydrogen) atoms. The zero-order valence-corrected chi connectivity index (χ0v) is 13.5. The van der Waals surface area contributed by atoms with Gasteiger partial charge < -0.3 is 15.4 Å². The maximum absolute atomic E-state index is 5.85. The number of ether oxygens (including phenoxy) is 1. The van der Waals surface area contributed by atoms with Crippen LogP contribution in [-0.4, -0.2) is 38.3 Å². The quantitative estimate of drug-likeness (QED) is 0.613. The molecule has 1 heterocycles. The van der Waals surface area contributed by atoms with Crippen LogP contribution in [0.1, 0.15) is 40.5 Å². The van der Waals surface area contributed by atoms with Crippen LogP contribution in [0.4, 0.5) is 0 Å². The van der Waals surface area contributed by atoms with E-state index in [1.54, 1.807) is 0 Å². The van der Waals surface area contributed by atoms with Crippen molar-refractivity contribution in [1.29, 1.82) is 0 Å². The molecule has 2 N–H and O–H groups in total. The lowest BCUT2D eigenvalue weighted by molar-refractivity contribution is -0.106. The molecule has 1 aliphatic heterocycles. The number of nitrogens with zero attached hydrogens (tertiary/aromatic N) is 1. The van der Waals surface area contributed by atoms with E-state index < -0.39 is 0 Å². The highest BCUT2D eigenvalue weighted by atomic mass is 16.5. The predicted octanol–water partition coefficient (Wildman–Crippen LogP) is 2.01. The van der Waals surface area contributed by atoms with Gasteiger partial charge in [0.1, 0.15) is 0 Å². The zero-order valence-electron chi connectivity index (χ0n) is 13.5. The first kappa shape index (κ1) is 14.2. The average Bonchev–Trinajstić information content (AvgIpc) is 2.82. The number of guanidine groups is 1. The molecule has 3 fully saturated rings. The van der Waals surface area contributed by atoms with Crippen molar-refractivity contribution in [3.8, 4) is 0 Å². The van der Waals surface area contributed by atoms with Gasteiger partial charge in [-0.2, -0.15) is 0 Å². The Morgan fingerprint density at radius 1 is 1.30 bits per heavy atom. The van der Waals surface area contributed by atoms with Gasteiger partial charge in [-0.3, -0.25) is 4.99 Å². The third-order valence-electron chi connectivity index (χ3n) is 5.85. The standard InChI is InChI=1S/C16H29N3O/c1-15(2)8-10(15)9-18-14(17-5)19-12-11-6-7-20-13(11)16(12,3)4/h10-13H,6-9H2,1-5H3,(H2,17,18,19). The molecule has 3 rings (SSSR count). The van der Waals surface area contributed by atoms with Crippen LogP contribution in [0.15, 0.2) is 4.99 Å². The fraction of sp³-hybridized carbons (Fsp3) is 0.938. The van der Waals surface area contributed by atoms with Gasteiger partial charge in [-0.1, -0.05) is 27.7 Å². The molecule has 0 aromatic carbocycles. The van der Waals surface area contributed by atoms with Crippen molar-refractivity contribution < 1.29 is 4.74 Å². The SMILES string of the molecule is CN=C(NCC1CC1(C)C)NC1C2CCOC2C1(C)C. The minimum atomic E-state index is 0.206. The third kappa shape index (κ3) is 2.22. The Kier molecular flexibility index (Phi) is 3.27. The molecule has 1 saturated heterocycles. The summed E-state index contributed by atoms with van der Waals surface area (Å²) in [6, 6.07) is 0.480. The Balaban J connectivity index is 1.53. The normalized spacial score (nSPS) is 40.8. The van der Waals surface area contributed by atoms with Crippen LogP contribution in [0.2, 0.25) is 0 Å². The van der Waals surface area contributed by atoms with Crippen molar-refractivity contribution in [3.63, 3.8) is 0 Å². The summed E-state index contributed by atoms with van der Waals surface area (Å²) in [5.41, 5.74) is 0.726. The number of hydrogen-bond acceptors (Lipinski definition) is 2. The lowest BCUT2D eigenvalue weighted by Crippen LogP contribution is -2.68. The Labute approximate surface area is 122 Å². The minimum Gasteiger partial charge on any atom is -0.377 e. The number of aliphatic imine (C=N–C) groups is 1. The van der Waals surface area contributed by atoms with E-state index in [0.717, 1.165) is 25.0 Å². The summed E-state index contributed by atoms with van der Waals surface area (Å²) in [6.45, 7) is 11.2. The summed E-state index contributed by atoms with van der Waals surface area (Å²) in [6.07, 6.45) is 2.93. The summed E-state index contributed by atoms with van der Waals surface area (Å²) in [7, 11) is 1.86. The Morgan fingerprint density at radius 3 is 2.60 bits per heavy atom. The van der Waals surface area contributed by atoms with Crippen LogP contribution >= 0.6 is 0 Å². The van der Waals surface area contributed by atoms with Crippen LogP contribution in [-0.2, 0) is 4.74 Å². The highest BCUT2D eigenvalue weighted by Crippen LogP contribution is 2.52. The lowest BCUT2D eigenvalue weighted by Gasteiger charge is -2.54. The van der Waals surface area contributed by atoms with Crippen molar-refractivity contribution in [3.05, 3.63) is 0 Å². The molecule has 0 radical (unpaired) electrons. The molecule has 0 amide bonds. The molecule has 0 aromatic heterocycles. The van der Waals surface area contributed by atoms with E-state index in [-0.39, 0.29) is 5.41 Å². The van der Waals surface area contributed by atoms with Gasteiger partial charge in [-0.05, 0) is 24.2 Å². The summed E-state index contributed by atoms with van der Waals surface area (Å²) < 4.78 is 5.85. The van der Waals surface area contributed by atoms with Gasteiger partial charge >= 0.3 is 0 Å². The molecular formula is C16H29N3O. The van der Waals surface area contributed by atoms with Crippen LogP contribution in [0.25, 0.3) is 0 Å². The topological polar surface area (TPSA) is 45.7 Å². The maximum Gasteiger partial charge on any atom is 0.191 e. The smallest absolute Gasteiger partial charge is 0.191 e. The predicted molar refractivity (Wildman–Crippen MR) is 81.8 cm³/mol. The molecule has 2 aliphatic carbocycles. The number of rotatable bonds is 3. The van der Waals surface area contributed by atoms with Crippen molar-refractivity contribution >= 4 is 5.96 Å². The lowest BCUT2D eigenvalue weighted by atomic mass is 9.57. The molecule has 4 heteroatoms. The largest absolute Gasteiger partial charge is 0.377 e. The van der Waals surface area contributed by atoms with Crippen LogP contribution < -0.4 is 10.6 Å². The fourth-order valence-electron chi connectivity index (χ4n) is 4.10. The number of hydrogen-bond donors (Lipinski definition) is 2. The third-order valence-corrected chi connectivity index (χ3v) is 5.85. The molecule has 4 atom stereocenters. The van der Waals surface area contributed by atoms with Gasteiger partial charge in [0.25, 0.3) is 0 Å². The molecule has 0 bridgehead atoms. The monoisotopic (exact) mass is 279 g/mol. The minimum absolute atomic E-state index is 0.206. The zero-order chi connectivity index (χ0) is 14.5. The second-order valence-corrected chi connectivity index (χ2v) is 8.03. The average molecular weight is 279 g/mol. The van der Waals surface area contributed by atoms with Crippen LogP contribution in [0.3, 0.4) is 0 Å². The van der Waals surface area contributed by atoms with E-state index in [4.69, 9.17) is 4.74 Å². The summed E-state index contributed by atoms with van der Waals surface area (Å²) in [5.74, 6) is 2.40. The highest BCUT2D eigenvalue weighted by molar-refractivity contribution is 5.80. The van der Waals surface area contributed by atoms with E-state index >= 15 is 0 Å². The van der Waals surface area contributed by atoms with Gasteiger partial charge in [0, 0.05) is 37.6 Å². The number of fused-ring (bicyclic) bond motifs is 1. The first-order valence-corrected chi connectivity index (χ1v) is 7.95. The van der Waals surface area contributed by atoms with Crippen molar-refractivity contribution in [2.45, 2.75) is 52.7 Å². The number of nitrogens with one attached hydrogen (secondary N) is 2. The van der Waals surface area contributed by atoms with Crippen LogP contribution in [0.5, 0.6) is 0 Å². The van der Waals surface area contributed by atoms with Gasteiger partial charge in [0.05, 0.1) is 6.10 Å². The van der Waals surface area contributed by atoms with Crippen molar-refractivity contribution in [2.75, 3.05) is 20.2 Å². The molecule has 114 valence electrons. The van der Waals surface area contributed by atoms with Gasteiger partial charge in [0.15, 0.2) is 5.96 Å². The Bertz CT molecular complexity index is 416. The second kappa shape index (κ2) is 4.62. The van der Waals surface area contributed by atoms with Gasteiger partial charge in [-0.15, -0.1) is 0 Å². The summed E-state index contributed by atoms with van der Waals surface area (Å²) in [5, 5.41) is 7.14. The van der Waals surface area contributed by atoms with E-state index in [0.29, 0.717) is 23.5 Å². The maximum atomic E-state index is 5.85. The molecule has 2 saturated carbocycles. The highest BCUT2D eigenvalue weighted by Gasteiger charge is 2.59. The van der Waals surface area contributed by atoms with Gasteiger partial charge in [-0.25, -0.2) is 0 Å². The Morgan fingerprint density at radius 2 is 2.00 bits per heavy atom. The van der Waals surface area contributed by atoms with Crippen molar-refractivity contribution in [2.24, 2.45) is 27.7 Å². The molecule has 0 spiro atoms. The van der Waals surface area contributed by atoms with E-state index in [1.807, 2.05) is 7.05 Å². The van der Waals surface area contributed by atoms with E-state index in [2.05, 4.69) is 43.3 Å². The molecule has 3 aliphatic rings. The van der Waals surface area contributed by atoms with E-state index in [1.165, 1.54) is 12.8 Å². The molecule has 0 aromatic rings. The first-order valence-electron chi connectivity index (χ1n) is 7.95. The Hall–Kier alpha value is -0.770. The van der Waals surface area contributed by atoms with Gasteiger partial charge in [0.2, 0.25) is 0 Å². The molecule has 4 nitrogen and oxygen atoms in total. The fourth-order valence-corrected chi connectivity index (χ4v) is 4.10. The second-order valence-electron chi connectivity index (χ2n) is 8.03.